The molecule has 0 aliphatic rings. The van der Waals surface area contributed by atoms with Gasteiger partial charge in [-0.15, -0.1) is 24.4 Å². The summed E-state index contributed by atoms with van der Waals surface area (Å²) in [5.41, 5.74) is 0. The second-order valence-corrected chi connectivity index (χ2v) is 4.20. The molecule has 0 N–H and O–H groups in total. The summed E-state index contributed by atoms with van der Waals surface area (Å²) >= 11 is 0. The Hall–Kier alpha value is 0.383. The molecule has 0 saturated heterocycles. The van der Waals surface area contributed by atoms with Crippen LogP contribution in [0.25, 0.3) is 0 Å². The van der Waals surface area contributed by atoms with Gasteiger partial charge in [-0.3, -0.25) is 0 Å². The van der Waals surface area contributed by atoms with E-state index in [1.54, 1.807) is 55.4 Å². The van der Waals surface area contributed by atoms with Gasteiger partial charge in [0.2, 0.25) is 0 Å². The first kappa shape index (κ1) is 30.4. The van der Waals surface area contributed by atoms with Gasteiger partial charge >= 0.3 is 17.6 Å². The minimum Gasteiger partial charge on any atom is -0.852 e. The van der Waals surface area contributed by atoms with Crippen LogP contribution in [-0.4, -0.2) is 42.0 Å². The molecule has 0 aromatic rings. The van der Waals surface area contributed by atoms with Gasteiger partial charge in [-0.2, -0.15) is 0 Å². The van der Waals surface area contributed by atoms with Crippen LogP contribution in [0.5, 0.6) is 0 Å². The van der Waals surface area contributed by atoms with Gasteiger partial charge in [-0.05, 0) is 0 Å². The van der Waals surface area contributed by atoms with Crippen molar-refractivity contribution in [2.24, 2.45) is 0 Å². The molecule has 0 aromatic carbocycles. The van der Waals surface area contributed by atoms with Gasteiger partial charge < -0.3 is 20.4 Å². The van der Waals surface area contributed by atoms with Gasteiger partial charge in [0, 0.05) is 0 Å². The Morgan fingerprint density at radius 2 is 0.412 bits per heavy atom. The molecule has 0 spiro atoms. The fourth-order valence-corrected chi connectivity index (χ4v) is 0. The van der Waals surface area contributed by atoms with E-state index in [-0.39, 0.29) is 17.6 Å². The van der Waals surface area contributed by atoms with Crippen molar-refractivity contribution >= 4 is 17.6 Å². The summed E-state index contributed by atoms with van der Waals surface area (Å²) in [6.45, 7) is 12.9. The second-order valence-electron chi connectivity index (χ2n) is 4.20. The molecule has 0 rings (SSSR count). The zero-order chi connectivity index (χ0) is 14.3. The molecule has 0 fully saturated rings. The van der Waals surface area contributed by atoms with Gasteiger partial charge in [0.1, 0.15) is 0 Å². The molecule has 17 heavy (non-hydrogen) atoms. The van der Waals surface area contributed by atoms with E-state index in [1.165, 1.54) is 0 Å². The topological polar surface area (TPSA) is 92.2 Å². The maximum Gasteiger partial charge on any atom is 4.00 e. The van der Waals surface area contributed by atoms with E-state index in [0.717, 1.165) is 0 Å². The predicted octanol–water partition coefficient (Wildman–Crippen LogP) is -1.36. The fraction of sp³-hybridized carbons (Fsp3) is 1.00. The number of rotatable bonds is 0. The van der Waals surface area contributed by atoms with Crippen LogP contribution in [-0.2, 0) is 0 Å². The molecular weight excluding hydrogens is 281 g/mol. The van der Waals surface area contributed by atoms with Crippen molar-refractivity contribution in [2.75, 3.05) is 0 Å². The minimum absolute atomic E-state index is 0. The number of hydrogen-bond donors (Lipinski definition) is 0. The van der Waals surface area contributed by atoms with E-state index in [4.69, 9.17) is 0 Å². The number of hydrogen-bond acceptors (Lipinski definition) is 4. The first-order valence-electron chi connectivity index (χ1n) is 5.56. The van der Waals surface area contributed by atoms with Crippen LogP contribution in [0.3, 0.4) is 0 Å². The molecule has 0 radical (unpaired) electrons. The van der Waals surface area contributed by atoms with E-state index >= 15 is 0 Å². The third-order valence-electron chi connectivity index (χ3n) is 0. The summed E-state index contributed by atoms with van der Waals surface area (Å²) in [4.78, 5) is 0. The van der Waals surface area contributed by atoms with Gasteiger partial charge in [0.05, 0.1) is 0 Å². The van der Waals surface area contributed by atoms with Crippen LogP contribution in [0.1, 0.15) is 55.4 Å². The van der Waals surface area contributed by atoms with Crippen molar-refractivity contribution < 1.29 is 20.4 Å². The average Bonchev–Trinajstić information content (AvgIpc) is 1.76. The van der Waals surface area contributed by atoms with Crippen LogP contribution in [0.2, 0.25) is 0 Å². The van der Waals surface area contributed by atoms with Crippen LogP contribution < -0.4 is 20.4 Å². The van der Waals surface area contributed by atoms with Crippen LogP contribution >= 0.6 is 0 Å². The zero-order valence-electron chi connectivity index (χ0n) is 12.4. The molecule has 104 valence electrons. The normalized spacial score (nSPS) is 8.47. The fourth-order valence-electron chi connectivity index (χ4n) is 0. The molecular formula is C12H28GeO4. The maximum atomic E-state index is 9.53. The van der Waals surface area contributed by atoms with Crippen molar-refractivity contribution in [1.82, 2.24) is 0 Å². The molecule has 4 nitrogen and oxygen atoms in total. The summed E-state index contributed by atoms with van der Waals surface area (Å²) in [6.07, 6.45) is -1.67. The van der Waals surface area contributed by atoms with Gasteiger partial charge in [0.25, 0.3) is 0 Å². The zero-order valence-corrected chi connectivity index (χ0v) is 14.5. The van der Waals surface area contributed by atoms with Crippen LogP contribution in [0.4, 0.5) is 0 Å². The summed E-state index contributed by atoms with van der Waals surface area (Å²) < 4.78 is 0. The van der Waals surface area contributed by atoms with E-state index in [2.05, 4.69) is 0 Å². The molecule has 0 aliphatic carbocycles. The van der Waals surface area contributed by atoms with E-state index in [1.807, 2.05) is 0 Å². The molecule has 0 aliphatic heterocycles. The SMILES string of the molecule is CC(C)[O-].CC(C)[O-].CC(C)[O-].CC(C)[O-].[Ge+4]. The average molecular weight is 309 g/mol. The summed E-state index contributed by atoms with van der Waals surface area (Å²) in [5, 5.41) is 38.1. The van der Waals surface area contributed by atoms with Crippen molar-refractivity contribution in [2.45, 2.75) is 79.8 Å². The second kappa shape index (κ2) is 25.3. The van der Waals surface area contributed by atoms with Crippen LogP contribution in [0.15, 0.2) is 0 Å². The Bertz CT molecular complexity index is 61.5. The molecule has 0 bridgehead atoms. The first-order chi connectivity index (χ1) is 6.93. The van der Waals surface area contributed by atoms with Crippen molar-refractivity contribution in [3.05, 3.63) is 0 Å². The van der Waals surface area contributed by atoms with E-state index in [9.17, 15) is 20.4 Å². The smallest absolute Gasteiger partial charge is 0.852 e. The molecule has 0 aromatic heterocycles. The van der Waals surface area contributed by atoms with Crippen molar-refractivity contribution in [1.29, 1.82) is 0 Å². The van der Waals surface area contributed by atoms with Crippen molar-refractivity contribution in [3.63, 3.8) is 0 Å². The quantitative estimate of drug-likeness (QED) is 0.517. The Kier molecular flexibility index (Phi) is 45.3. The van der Waals surface area contributed by atoms with Crippen molar-refractivity contribution in [3.8, 4) is 0 Å². The molecule has 0 unspecified atom stereocenters. The van der Waals surface area contributed by atoms with Crippen LogP contribution in [0, 0.1) is 0 Å². The molecule has 0 amide bonds. The van der Waals surface area contributed by atoms with Gasteiger partial charge in [-0.25, -0.2) is 0 Å². The minimum atomic E-state index is -0.417. The summed E-state index contributed by atoms with van der Waals surface area (Å²) in [6, 6.07) is 0. The first-order valence-corrected chi connectivity index (χ1v) is 5.56. The molecule has 0 atom stereocenters. The monoisotopic (exact) mass is 310 g/mol. The molecule has 0 heterocycles. The standard InChI is InChI=1S/4C3H7O.Ge/c4*1-3(2)4;/h4*3H,1-2H3;/q4*-1;+4. The third kappa shape index (κ3) is 23100. The molecule has 5 heteroatoms. The summed E-state index contributed by atoms with van der Waals surface area (Å²) in [7, 11) is 0. The third-order valence-corrected chi connectivity index (χ3v) is 0. The molecule has 0 saturated carbocycles. The summed E-state index contributed by atoms with van der Waals surface area (Å²) in [5.74, 6) is 0. The van der Waals surface area contributed by atoms with E-state index in [0.29, 0.717) is 0 Å². The Morgan fingerprint density at radius 3 is 0.412 bits per heavy atom. The van der Waals surface area contributed by atoms with E-state index < -0.39 is 24.4 Å². The van der Waals surface area contributed by atoms with Gasteiger partial charge in [-0.1, -0.05) is 55.4 Å². The Labute approximate surface area is 118 Å². The predicted molar refractivity (Wildman–Crippen MR) is 66.3 cm³/mol. The maximum absolute atomic E-state index is 9.53. The van der Waals surface area contributed by atoms with Gasteiger partial charge in [0.15, 0.2) is 0 Å². The Balaban J connectivity index is -0.0000000369. The Morgan fingerprint density at radius 1 is 0.412 bits per heavy atom. The largest absolute Gasteiger partial charge is 4.00 e.